The summed E-state index contributed by atoms with van der Waals surface area (Å²) in [5.74, 6) is -0.431. The lowest BCUT2D eigenvalue weighted by Crippen LogP contribution is -2.06. The van der Waals surface area contributed by atoms with Crippen molar-refractivity contribution in [2.45, 2.75) is 6.92 Å². The number of esters is 1. The highest BCUT2D eigenvalue weighted by Crippen LogP contribution is 2.35. The van der Waals surface area contributed by atoms with Crippen LogP contribution >= 0.6 is 27.5 Å². The molecule has 0 bridgehead atoms. The van der Waals surface area contributed by atoms with Crippen LogP contribution in [0.4, 0.5) is 0 Å². The predicted octanol–water partition coefficient (Wildman–Crippen LogP) is 4.01. The highest BCUT2D eigenvalue weighted by atomic mass is 79.9. The van der Waals surface area contributed by atoms with Crippen LogP contribution in [0.2, 0.25) is 0 Å². The number of carbonyl (C=O) groups is 1. The maximum absolute atomic E-state index is 12.2. The lowest BCUT2D eigenvalue weighted by atomic mass is 10.2. The van der Waals surface area contributed by atoms with E-state index in [0.29, 0.717) is 22.9 Å². The minimum absolute atomic E-state index is 0.303. The van der Waals surface area contributed by atoms with E-state index in [9.17, 15) is 4.79 Å². The molecule has 1 aromatic carbocycles. The Kier molecular flexibility index (Phi) is 4.35. The fraction of sp³-hybridized carbons (Fsp3) is 0.133. The molecule has 3 rings (SSSR count). The Morgan fingerprint density at radius 3 is 2.73 bits per heavy atom. The van der Waals surface area contributed by atoms with Crippen LogP contribution in [0.5, 0.6) is 0 Å². The molecule has 0 spiro atoms. The number of rotatable bonds is 4. The number of halogens is 1. The third-order valence-electron chi connectivity index (χ3n) is 2.91. The van der Waals surface area contributed by atoms with Crippen LogP contribution in [0.25, 0.3) is 21.1 Å². The molecule has 3 aromatic rings. The average Bonchev–Trinajstić information content (AvgIpc) is 3.14. The molecule has 0 aliphatic rings. The lowest BCUT2D eigenvalue weighted by molar-refractivity contribution is 0.0521. The minimum Gasteiger partial charge on any atom is -0.461 e. The maximum Gasteiger partial charge on any atom is 0.358 e. The quantitative estimate of drug-likeness (QED) is 0.644. The van der Waals surface area contributed by atoms with Gasteiger partial charge in [-0.25, -0.2) is 13.5 Å². The summed E-state index contributed by atoms with van der Waals surface area (Å²) in [5, 5.41) is 5.05. The van der Waals surface area contributed by atoms with Gasteiger partial charge in [-0.1, -0.05) is 30.3 Å². The molecule has 2 heterocycles. The van der Waals surface area contributed by atoms with E-state index in [1.807, 2.05) is 36.4 Å². The summed E-state index contributed by atoms with van der Waals surface area (Å²) in [4.78, 5) is 17.3. The first kappa shape index (κ1) is 14.9. The second-order valence-corrected chi connectivity index (χ2v) is 6.10. The van der Waals surface area contributed by atoms with Gasteiger partial charge in [0, 0.05) is 11.8 Å². The summed E-state index contributed by atoms with van der Waals surface area (Å²) in [6.45, 7) is 2.08. The summed E-state index contributed by atoms with van der Waals surface area (Å²) in [6, 6.07) is 11.6. The average molecular weight is 378 g/mol. The maximum atomic E-state index is 12.2. The molecule has 0 amide bonds. The van der Waals surface area contributed by atoms with Crippen molar-refractivity contribution >= 4 is 33.5 Å². The molecule has 0 atom stereocenters. The van der Waals surface area contributed by atoms with Crippen molar-refractivity contribution in [1.82, 2.24) is 13.8 Å². The van der Waals surface area contributed by atoms with Gasteiger partial charge in [0.2, 0.25) is 0 Å². The zero-order valence-corrected chi connectivity index (χ0v) is 14.1. The van der Waals surface area contributed by atoms with Crippen molar-refractivity contribution in [2.75, 3.05) is 6.61 Å². The van der Waals surface area contributed by atoms with Gasteiger partial charge in [0.15, 0.2) is 5.69 Å². The van der Waals surface area contributed by atoms with Gasteiger partial charge in [0.1, 0.15) is 10.7 Å². The topological polar surface area (TPSA) is 57.0 Å². The molecule has 5 nitrogen and oxygen atoms in total. The van der Waals surface area contributed by atoms with E-state index in [1.54, 1.807) is 13.1 Å². The number of hydrogen-bond acceptors (Lipinski definition) is 5. The first-order valence-electron chi connectivity index (χ1n) is 6.64. The molecule has 0 aliphatic heterocycles. The predicted molar refractivity (Wildman–Crippen MR) is 89.1 cm³/mol. The number of benzene rings is 1. The highest BCUT2D eigenvalue weighted by Gasteiger charge is 2.22. The van der Waals surface area contributed by atoms with Gasteiger partial charge < -0.3 is 4.74 Å². The molecular weight excluding hydrogens is 366 g/mol. The van der Waals surface area contributed by atoms with E-state index in [4.69, 9.17) is 4.74 Å². The molecule has 22 heavy (non-hydrogen) atoms. The van der Waals surface area contributed by atoms with Gasteiger partial charge in [-0.15, -0.1) is 11.3 Å². The minimum atomic E-state index is -0.431. The summed E-state index contributed by atoms with van der Waals surface area (Å²) >= 11 is 4.67. The standard InChI is InChI=1S/C15H12BrN3O2S/c1-2-21-15(20)12-13(11-8-9-19(16)18-11)22-14(17-12)10-6-4-3-5-7-10/h3-9H,2H2,1H3. The number of hydrogen-bond donors (Lipinski definition) is 0. The molecule has 0 fully saturated rings. The van der Waals surface area contributed by atoms with E-state index in [-0.39, 0.29) is 0 Å². The van der Waals surface area contributed by atoms with Crippen LogP contribution in [-0.2, 0) is 4.74 Å². The monoisotopic (exact) mass is 377 g/mol. The van der Waals surface area contributed by atoms with E-state index < -0.39 is 5.97 Å². The van der Waals surface area contributed by atoms with Gasteiger partial charge >= 0.3 is 5.97 Å². The Labute approximate surface area is 139 Å². The molecule has 112 valence electrons. The van der Waals surface area contributed by atoms with E-state index in [2.05, 4.69) is 26.2 Å². The third kappa shape index (κ3) is 2.95. The molecule has 2 aromatic heterocycles. The number of ether oxygens (including phenoxy) is 1. The molecule has 0 radical (unpaired) electrons. The molecule has 0 unspecified atom stereocenters. The Balaban J connectivity index is 2.10. The normalized spacial score (nSPS) is 10.6. The molecule has 7 heteroatoms. The molecule has 0 saturated carbocycles. The summed E-state index contributed by atoms with van der Waals surface area (Å²) < 4.78 is 6.62. The first-order valence-corrected chi connectivity index (χ1v) is 8.17. The number of carbonyl (C=O) groups excluding carboxylic acids is 1. The van der Waals surface area contributed by atoms with Crippen LogP contribution in [-0.4, -0.2) is 26.4 Å². The largest absolute Gasteiger partial charge is 0.461 e. The van der Waals surface area contributed by atoms with E-state index in [0.717, 1.165) is 10.6 Å². The second-order valence-electron chi connectivity index (χ2n) is 4.37. The molecule has 0 aliphatic carbocycles. The molecule has 0 saturated heterocycles. The fourth-order valence-corrected chi connectivity index (χ4v) is 3.27. The zero-order valence-electron chi connectivity index (χ0n) is 11.7. The molecule has 0 N–H and O–H groups in total. The Bertz CT molecular complexity index is 798. The van der Waals surface area contributed by atoms with Gasteiger partial charge in [-0.2, -0.15) is 5.10 Å². The highest BCUT2D eigenvalue weighted by molar-refractivity contribution is 9.08. The van der Waals surface area contributed by atoms with Crippen molar-refractivity contribution in [2.24, 2.45) is 0 Å². The Hall–Kier alpha value is -1.99. The van der Waals surface area contributed by atoms with Crippen LogP contribution in [0, 0.1) is 0 Å². The van der Waals surface area contributed by atoms with E-state index >= 15 is 0 Å². The van der Waals surface area contributed by atoms with Crippen LogP contribution in [0.15, 0.2) is 42.6 Å². The van der Waals surface area contributed by atoms with Crippen LogP contribution in [0.1, 0.15) is 17.4 Å². The fourth-order valence-electron chi connectivity index (χ4n) is 1.96. The van der Waals surface area contributed by atoms with Gasteiger partial charge in [0.25, 0.3) is 0 Å². The lowest BCUT2D eigenvalue weighted by Gasteiger charge is -1.99. The van der Waals surface area contributed by atoms with Crippen molar-refractivity contribution in [3.8, 4) is 21.1 Å². The Morgan fingerprint density at radius 2 is 2.09 bits per heavy atom. The smallest absolute Gasteiger partial charge is 0.358 e. The summed E-state index contributed by atoms with van der Waals surface area (Å²) in [6.07, 6.45) is 1.76. The second kappa shape index (κ2) is 6.41. The Morgan fingerprint density at radius 1 is 1.32 bits per heavy atom. The van der Waals surface area contributed by atoms with Crippen molar-refractivity contribution in [3.05, 3.63) is 48.3 Å². The van der Waals surface area contributed by atoms with Crippen LogP contribution in [0.3, 0.4) is 0 Å². The zero-order chi connectivity index (χ0) is 15.5. The summed E-state index contributed by atoms with van der Waals surface area (Å²) in [7, 11) is 0. The van der Waals surface area contributed by atoms with Crippen molar-refractivity contribution in [3.63, 3.8) is 0 Å². The van der Waals surface area contributed by atoms with E-state index in [1.165, 1.54) is 15.0 Å². The SMILES string of the molecule is CCOC(=O)c1nc(-c2ccccc2)sc1-c1ccn(Br)n1. The van der Waals surface area contributed by atoms with Gasteiger partial charge in [-0.3, -0.25) is 0 Å². The summed E-state index contributed by atoms with van der Waals surface area (Å²) in [5.41, 5.74) is 1.94. The number of aromatic nitrogens is 3. The van der Waals surface area contributed by atoms with Crippen LogP contribution < -0.4 is 0 Å². The van der Waals surface area contributed by atoms with Crippen molar-refractivity contribution in [1.29, 1.82) is 0 Å². The third-order valence-corrected chi connectivity index (χ3v) is 4.43. The van der Waals surface area contributed by atoms with Gasteiger partial charge in [-0.05, 0) is 13.0 Å². The number of nitrogens with zero attached hydrogens (tertiary/aromatic N) is 3. The number of thiazole rings is 1. The van der Waals surface area contributed by atoms with Crippen molar-refractivity contribution < 1.29 is 9.53 Å². The molecular formula is C15H12BrN3O2S. The van der Waals surface area contributed by atoms with Gasteiger partial charge in [0.05, 0.1) is 27.6 Å². The first-order chi connectivity index (χ1) is 10.7.